The molecular weight excluding hydrogens is 557 g/mol. The summed E-state index contributed by atoms with van der Waals surface area (Å²) in [6.07, 6.45) is 0. The zero-order valence-corrected chi connectivity index (χ0v) is 24.7. The Kier molecular flexibility index (Phi) is 10.5. The Morgan fingerprint density at radius 2 is 0.833 bits per heavy atom. The minimum absolute atomic E-state index is 0.0441. The number of benzene rings is 5. The Morgan fingerprint density at radius 1 is 0.476 bits per heavy atom. The highest BCUT2D eigenvalue weighted by Gasteiger charge is 2.23. The molecule has 0 aliphatic rings. The van der Waals surface area contributed by atoms with Gasteiger partial charge in [-0.15, -0.1) is 23.5 Å². The first-order chi connectivity index (χ1) is 20.7. The summed E-state index contributed by atoms with van der Waals surface area (Å²) in [5.41, 5.74) is 3.87. The molecule has 210 valence electrons. The van der Waals surface area contributed by atoms with E-state index in [1.807, 2.05) is 146 Å². The third-order valence-corrected chi connectivity index (χ3v) is 9.13. The van der Waals surface area contributed by atoms with Gasteiger partial charge in [0.2, 0.25) is 11.8 Å². The minimum atomic E-state index is -0.367. The SMILES string of the molecule is O=C(NCc1cccc(CNC(=O)C(Sc2ccccc2)c2ccccc2)c1)C(Sc1ccccc1)c1ccccc1. The normalized spacial score (nSPS) is 12.2. The van der Waals surface area contributed by atoms with Crippen molar-refractivity contribution in [1.29, 1.82) is 0 Å². The molecule has 2 amide bonds. The van der Waals surface area contributed by atoms with Crippen molar-refractivity contribution in [3.05, 3.63) is 168 Å². The van der Waals surface area contributed by atoms with Crippen molar-refractivity contribution in [2.45, 2.75) is 33.4 Å². The van der Waals surface area contributed by atoms with Gasteiger partial charge < -0.3 is 10.6 Å². The van der Waals surface area contributed by atoms with Crippen LogP contribution in [0.2, 0.25) is 0 Å². The molecular formula is C36H32N2O2S2. The van der Waals surface area contributed by atoms with Crippen LogP contribution in [0, 0.1) is 0 Å². The van der Waals surface area contributed by atoms with Crippen molar-refractivity contribution in [2.75, 3.05) is 0 Å². The number of amides is 2. The lowest BCUT2D eigenvalue weighted by molar-refractivity contribution is -0.121. The van der Waals surface area contributed by atoms with E-state index in [-0.39, 0.29) is 22.3 Å². The Labute approximate surface area is 256 Å². The topological polar surface area (TPSA) is 58.2 Å². The number of rotatable bonds is 12. The van der Waals surface area contributed by atoms with Crippen LogP contribution in [0.5, 0.6) is 0 Å². The first-order valence-corrected chi connectivity index (χ1v) is 15.6. The van der Waals surface area contributed by atoms with Gasteiger partial charge in [0.1, 0.15) is 10.5 Å². The van der Waals surface area contributed by atoms with Gasteiger partial charge in [0, 0.05) is 22.9 Å². The quantitative estimate of drug-likeness (QED) is 0.145. The molecule has 6 heteroatoms. The lowest BCUT2D eigenvalue weighted by Crippen LogP contribution is -2.28. The molecule has 5 rings (SSSR count). The summed E-state index contributed by atoms with van der Waals surface area (Å²) in [7, 11) is 0. The van der Waals surface area contributed by atoms with Gasteiger partial charge in [0.05, 0.1) is 0 Å². The fourth-order valence-electron chi connectivity index (χ4n) is 4.49. The maximum absolute atomic E-state index is 13.4. The fraction of sp³-hybridized carbons (Fsp3) is 0.111. The van der Waals surface area contributed by atoms with Gasteiger partial charge in [0.15, 0.2) is 0 Å². The van der Waals surface area contributed by atoms with Crippen molar-refractivity contribution >= 4 is 35.3 Å². The van der Waals surface area contributed by atoms with Gasteiger partial charge in [-0.3, -0.25) is 9.59 Å². The average molecular weight is 589 g/mol. The number of carbonyl (C=O) groups excluding carboxylic acids is 2. The van der Waals surface area contributed by atoms with Crippen LogP contribution < -0.4 is 10.6 Å². The van der Waals surface area contributed by atoms with E-state index in [0.717, 1.165) is 32.0 Å². The van der Waals surface area contributed by atoms with Gasteiger partial charge in [0.25, 0.3) is 0 Å². The van der Waals surface area contributed by atoms with Crippen molar-refractivity contribution < 1.29 is 9.59 Å². The van der Waals surface area contributed by atoms with Crippen LogP contribution in [0.1, 0.15) is 32.8 Å². The molecule has 0 spiro atoms. The fourth-order valence-corrected chi connectivity index (χ4v) is 6.63. The summed E-state index contributed by atoms with van der Waals surface area (Å²) >= 11 is 3.08. The van der Waals surface area contributed by atoms with E-state index < -0.39 is 0 Å². The standard InChI is InChI=1S/C36H32N2O2S2/c39-35(33(29-16-5-1-6-17-29)41-31-20-9-3-10-21-31)37-25-27-14-13-15-28(24-27)26-38-36(40)34(30-18-7-2-8-19-30)42-32-22-11-4-12-23-32/h1-24,33-34H,25-26H2,(H,37,39)(H,38,40). The molecule has 2 N–H and O–H groups in total. The number of hydrogen-bond acceptors (Lipinski definition) is 4. The van der Waals surface area contributed by atoms with Gasteiger partial charge >= 0.3 is 0 Å². The molecule has 0 aromatic heterocycles. The summed E-state index contributed by atoms with van der Waals surface area (Å²) in [5, 5.41) is 5.52. The monoisotopic (exact) mass is 588 g/mol. The Hall–Kier alpha value is -4.26. The number of thioether (sulfide) groups is 2. The molecule has 0 heterocycles. The number of nitrogens with one attached hydrogen (secondary N) is 2. The largest absolute Gasteiger partial charge is 0.351 e. The van der Waals surface area contributed by atoms with E-state index in [9.17, 15) is 9.59 Å². The first-order valence-electron chi connectivity index (χ1n) is 13.8. The minimum Gasteiger partial charge on any atom is -0.351 e. The van der Waals surface area contributed by atoms with Crippen LogP contribution in [-0.4, -0.2) is 11.8 Å². The second-order valence-corrected chi connectivity index (χ2v) is 12.1. The maximum Gasteiger partial charge on any atom is 0.238 e. The molecule has 0 saturated carbocycles. The van der Waals surface area contributed by atoms with Gasteiger partial charge in [-0.05, 0) is 46.5 Å². The second-order valence-electron chi connectivity index (χ2n) is 9.70. The molecule has 42 heavy (non-hydrogen) atoms. The van der Waals surface area contributed by atoms with E-state index >= 15 is 0 Å². The van der Waals surface area contributed by atoms with E-state index in [1.165, 1.54) is 23.5 Å². The molecule has 4 nitrogen and oxygen atoms in total. The highest BCUT2D eigenvalue weighted by molar-refractivity contribution is 8.00. The highest BCUT2D eigenvalue weighted by atomic mass is 32.2. The predicted octanol–water partition coefficient (Wildman–Crippen LogP) is 7.99. The van der Waals surface area contributed by atoms with Crippen LogP contribution in [0.25, 0.3) is 0 Å². The first kappa shape index (κ1) is 29.2. The van der Waals surface area contributed by atoms with Crippen LogP contribution in [0.15, 0.2) is 155 Å². The molecule has 5 aromatic carbocycles. The van der Waals surface area contributed by atoms with Crippen LogP contribution >= 0.6 is 23.5 Å². The molecule has 0 fully saturated rings. The molecule has 0 aliphatic heterocycles. The zero-order valence-electron chi connectivity index (χ0n) is 23.1. The summed E-state index contributed by atoms with van der Waals surface area (Å²) in [4.78, 5) is 28.9. The summed E-state index contributed by atoms with van der Waals surface area (Å²) in [6.45, 7) is 0.797. The van der Waals surface area contributed by atoms with E-state index in [1.54, 1.807) is 0 Å². The highest BCUT2D eigenvalue weighted by Crippen LogP contribution is 2.36. The molecule has 0 saturated heterocycles. The lowest BCUT2D eigenvalue weighted by Gasteiger charge is -2.18. The summed E-state index contributed by atoms with van der Waals surface area (Å²) in [5.74, 6) is -0.0882. The molecule has 0 bridgehead atoms. The lowest BCUT2D eigenvalue weighted by atomic mass is 10.1. The van der Waals surface area contributed by atoms with Crippen molar-refractivity contribution in [3.8, 4) is 0 Å². The van der Waals surface area contributed by atoms with Crippen molar-refractivity contribution in [1.82, 2.24) is 10.6 Å². The number of hydrogen-bond donors (Lipinski definition) is 2. The Balaban J connectivity index is 1.22. The van der Waals surface area contributed by atoms with Crippen LogP contribution in [-0.2, 0) is 22.7 Å². The summed E-state index contributed by atoms with van der Waals surface area (Å²) < 4.78 is 0. The molecule has 0 aliphatic carbocycles. The van der Waals surface area contributed by atoms with Crippen LogP contribution in [0.4, 0.5) is 0 Å². The summed E-state index contributed by atoms with van der Waals surface area (Å²) in [6, 6.07) is 47.6. The molecule has 2 atom stereocenters. The average Bonchev–Trinajstić information content (AvgIpc) is 3.06. The zero-order chi connectivity index (χ0) is 29.0. The smallest absolute Gasteiger partial charge is 0.238 e. The maximum atomic E-state index is 13.4. The Bertz CT molecular complexity index is 1450. The molecule has 5 aromatic rings. The third kappa shape index (κ3) is 8.38. The van der Waals surface area contributed by atoms with E-state index in [0.29, 0.717) is 13.1 Å². The van der Waals surface area contributed by atoms with Crippen LogP contribution in [0.3, 0.4) is 0 Å². The van der Waals surface area contributed by atoms with Gasteiger partial charge in [-0.2, -0.15) is 0 Å². The van der Waals surface area contributed by atoms with Gasteiger partial charge in [-0.1, -0.05) is 121 Å². The Morgan fingerprint density at radius 3 is 1.21 bits per heavy atom. The van der Waals surface area contributed by atoms with E-state index in [4.69, 9.17) is 0 Å². The van der Waals surface area contributed by atoms with E-state index in [2.05, 4.69) is 10.6 Å². The van der Waals surface area contributed by atoms with Gasteiger partial charge in [-0.25, -0.2) is 0 Å². The predicted molar refractivity (Wildman–Crippen MR) is 173 cm³/mol. The second kappa shape index (κ2) is 15.1. The van der Waals surface area contributed by atoms with Crippen molar-refractivity contribution in [3.63, 3.8) is 0 Å². The van der Waals surface area contributed by atoms with Crippen molar-refractivity contribution in [2.24, 2.45) is 0 Å². The third-order valence-electron chi connectivity index (χ3n) is 6.60. The molecule has 0 radical (unpaired) electrons. The number of carbonyl (C=O) groups is 2. The molecule has 2 unspecified atom stereocenters.